The second-order valence-electron chi connectivity index (χ2n) is 5.64. The summed E-state index contributed by atoms with van der Waals surface area (Å²) in [6.07, 6.45) is 3.78. The molecule has 20 heavy (non-hydrogen) atoms. The molecular formula is C16H22FNO2. The van der Waals surface area contributed by atoms with E-state index in [0.29, 0.717) is 12.1 Å². The van der Waals surface area contributed by atoms with Crippen molar-refractivity contribution in [3.8, 4) is 0 Å². The van der Waals surface area contributed by atoms with Gasteiger partial charge in [0.25, 0.3) is 0 Å². The Morgan fingerprint density at radius 2 is 2.10 bits per heavy atom. The monoisotopic (exact) mass is 279 g/mol. The number of rotatable bonds is 5. The predicted molar refractivity (Wildman–Crippen MR) is 75.9 cm³/mol. The highest BCUT2D eigenvalue weighted by Gasteiger charge is 2.30. The minimum absolute atomic E-state index is 0.104. The second kappa shape index (κ2) is 6.84. The van der Waals surface area contributed by atoms with Gasteiger partial charge in [0.1, 0.15) is 5.82 Å². The van der Waals surface area contributed by atoms with Crippen LogP contribution in [0.25, 0.3) is 0 Å². The maximum Gasteiger partial charge on any atom is 0.306 e. The molecule has 2 N–H and O–H groups in total. The lowest BCUT2D eigenvalue weighted by Crippen LogP contribution is -2.35. The summed E-state index contributed by atoms with van der Waals surface area (Å²) in [5.41, 5.74) is 0.634. The molecule has 1 aromatic carbocycles. The van der Waals surface area contributed by atoms with Gasteiger partial charge in [-0.05, 0) is 38.3 Å². The van der Waals surface area contributed by atoms with E-state index < -0.39 is 5.97 Å². The molecule has 1 saturated carbocycles. The molecule has 3 unspecified atom stereocenters. The summed E-state index contributed by atoms with van der Waals surface area (Å²) in [6.45, 7) is 2.55. The summed E-state index contributed by atoms with van der Waals surface area (Å²) < 4.78 is 13.7. The van der Waals surface area contributed by atoms with Crippen molar-refractivity contribution in [1.82, 2.24) is 5.32 Å². The summed E-state index contributed by atoms with van der Waals surface area (Å²) in [5, 5.41) is 12.5. The third kappa shape index (κ3) is 3.57. The van der Waals surface area contributed by atoms with Crippen molar-refractivity contribution < 1.29 is 14.3 Å². The molecule has 1 aromatic rings. The van der Waals surface area contributed by atoms with Crippen LogP contribution in [0.3, 0.4) is 0 Å². The third-order valence-corrected chi connectivity index (χ3v) is 4.28. The fourth-order valence-electron chi connectivity index (χ4n) is 3.04. The first kappa shape index (κ1) is 15.0. The molecule has 0 heterocycles. The van der Waals surface area contributed by atoms with Crippen molar-refractivity contribution in [3.05, 3.63) is 35.6 Å². The van der Waals surface area contributed by atoms with Gasteiger partial charge in [0.15, 0.2) is 0 Å². The molecule has 0 saturated heterocycles. The van der Waals surface area contributed by atoms with Crippen LogP contribution in [0.5, 0.6) is 0 Å². The summed E-state index contributed by atoms with van der Waals surface area (Å²) in [7, 11) is 0. The zero-order valence-electron chi connectivity index (χ0n) is 11.8. The van der Waals surface area contributed by atoms with Gasteiger partial charge in [-0.3, -0.25) is 4.79 Å². The van der Waals surface area contributed by atoms with Crippen LogP contribution in [0, 0.1) is 17.7 Å². The molecule has 1 aliphatic carbocycles. The van der Waals surface area contributed by atoms with E-state index in [4.69, 9.17) is 0 Å². The van der Waals surface area contributed by atoms with E-state index in [1.54, 1.807) is 12.1 Å². The molecule has 4 heteroatoms. The molecule has 1 fully saturated rings. The average molecular weight is 279 g/mol. The van der Waals surface area contributed by atoms with Gasteiger partial charge >= 0.3 is 5.97 Å². The van der Waals surface area contributed by atoms with E-state index in [1.165, 1.54) is 6.07 Å². The van der Waals surface area contributed by atoms with Gasteiger partial charge in [-0.1, -0.05) is 31.0 Å². The first-order valence-electron chi connectivity index (χ1n) is 7.30. The van der Waals surface area contributed by atoms with E-state index in [9.17, 15) is 14.3 Å². The molecule has 3 nitrogen and oxygen atoms in total. The second-order valence-corrected chi connectivity index (χ2v) is 5.64. The van der Waals surface area contributed by atoms with E-state index in [2.05, 4.69) is 5.32 Å². The Hall–Kier alpha value is -1.42. The topological polar surface area (TPSA) is 49.3 Å². The van der Waals surface area contributed by atoms with Crippen molar-refractivity contribution in [2.24, 2.45) is 11.8 Å². The Bertz CT molecular complexity index is 464. The summed E-state index contributed by atoms with van der Waals surface area (Å²) >= 11 is 0. The van der Waals surface area contributed by atoms with Crippen LogP contribution in [-0.4, -0.2) is 17.6 Å². The number of hydrogen-bond donors (Lipinski definition) is 2. The van der Waals surface area contributed by atoms with E-state index in [1.807, 2.05) is 13.0 Å². The zero-order chi connectivity index (χ0) is 14.5. The third-order valence-electron chi connectivity index (χ3n) is 4.28. The smallest absolute Gasteiger partial charge is 0.306 e. The van der Waals surface area contributed by atoms with Crippen LogP contribution < -0.4 is 5.32 Å². The van der Waals surface area contributed by atoms with E-state index in [-0.39, 0.29) is 23.7 Å². The molecule has 0 bridgehead atoms. The Labute approximate surface area is 119 Å². The Kier molecular flexibility index (Phi) is 5.12. The SMILES string of the molecule is CC(NCC1CCCCC1C(=O)O)c1ccccc1F. The summed E-state index contributed by atoms with van der Waals surface area (Å²) in [6, 6.07) is 6.61. The van der Waals surface area contributed by atoms with E-state index in [0.717, 1.165) is 25.7 Å². The molecule has 1 aliphatic rings. The maximum atomic E-state index is 13.7. The number of carboxylic acid groups (broad SMARTS) is 1. The molecule has 0 amide bonds. The van der Waals surface area contributed by atoms with Gasteiger partial charge < -0.3 is 10.4 Å². The van der Waals surface area contributed by atoms with Crippen molar-refractivity contribution in [1.29, 1.82) is 0 Å². The van der Waals surface area contributed by atoms with Gasteiger partial charge in [0, 0.05) is 11.6 Å². The number of aliphatic carboxylic acids is 1. The fraction of sp³-hybridized carbons (Fsp3) is 0.562. The van der Waals surface area contributed by atoms with E-state index >= 15 is 0 Å². The standard InChI is InChI=1S/C16H22FNO2/c1-11(13-7-4-5-9-15(13)17)18-10-12-6-2-3-8-14(12)16(19)20/h4-5,7,9,11-12,14,18H,2-3,6,8,10H2,1H3,(H,19,20). The minimum atomic E-state index is -0.699. The quantitative estimate of drug-likeness (QED) is 0.869. The lowest BCUT2D eigenvalue weighted by atomic mass is 9.79. The number of halogens is 1. The maximum absolute atomic E-state index is 13.7. The van der Waals surface area contributed by atoms with Crippen molar-refractivity contribution in [2.45, 2.75) is 38.6 Å². The van der Waals surface area contributed by atoms with Gasteiger partial charge in [-0.25, -0.2) is 4.39 Å². The van der Waals surface area contributed by atoms with Gasteiger partial charge in [0.2, 0.25) is 0 Å². The molecular weight excluding hydrogens is 257 g/mol. The Morgan fingerprint density at radius 1 is 1.40 bits per heavy atom. The Balaban J connectivity index is 1.94. The number of benzene rings is 1. The average Bonchev–Trinajstić information content (AvgIpc) is 2.45. The number of carbonyl (C=O) groups is 1. The molecule has 0 aromatic heterocycles. The van der Waals surface area contributed by atoms with Crippen LogP contribution in [0.15, 0.2) is 24.3 Å². The molecule has 0 radical (unpaired) electrons. The highest BCUT2D eigenvalue weighted by molar-refractivity contribution is 5.70. The molecule has 0 aliphatic heterocycles. The predicted octanol–water partition coefficient (Wildman–Crippen LogP) is 3.37. The number of hydrogen-bond acceptors (Lipinski definition) is 2. The van der Waals surface area contributed by atoms with Gasteiger partial charge in [0.05, 0.1) is 5.92 Å². The molecule has 2 rings (SSSR count). The summed E-state index contributed by atoms with van der Waals surface area (Å²) in [4.78, 5) is 11.2. The van der Waals surface area contributed by atoms with Crippen LogP contribution in [0.4, 0.5) is 4.39 Å². The number of carboxylic acids is 1. The van der Waals surface area contributed by atoms with Gasteiger partial charge in [-0.15, -0.1) is 0 Å². The van der Waals surface area contributed by atoms with Crippen molar-refractivity contribution >= 4 is 5.97 Å². The molecule has 0 spiro atoms. The highest BCUT2D eigenvalue weighted by atomic mass is 19.1. The van der Waals surface area contributed by atoms with Crippen LogP contribution in [0.1, 0.15) is 44.2 Å². The lowest BCUT2D eigenvalue weighted by Gasteiger charge is -2.30. The highest BCUT2D eigenvalue weighted by Crippen LogP contribution is 2.30. The fourth-order valence-corrected chi connectivity index (χ4v) is 3.04. The minimum Gasteiger partial charge on any atom is -0.481 e. The Morgan fingerprint density at radius 3 is 2.80 bits per heavy atom. The molecule has 110 valence electrons. The van der Waals surface area contributed by atoms with Crippen LogP contribution in [-0.2, 0) is 4.79 Å². The zero-order valence-corrected chi connectivity index (χ0v) is 11.8. The van der Waals surface area contributed by atoms with Gasteiger partial charge in [-0.2, -0.15) is 0 Å². The first-order chi connectivity index (χ1) is 9.59. The normalized spacial score (nSPS) is 24.3. The van der Waals surface area contributed by atoms with Crippen LogP contribution in [0.2, 0.25) is 0 Å². The molecule has 3 atom stereocenters. The number of nitrogens with one attached hydrogen (secondary N) is 1. The van der Waals surface area contributed by atoms with Crippen molar-refractivity contribution in [2.75, 3.05) is 6.54 Å². The largest absolute Gasteiger partial charge is 0.481 e. The summed E-state index contributed by atoms with van der Waals surface area (Å²) in [5.74, 6) is -1.03. The lowest BCUT2D eigenvalue weighted by molar-refractivity contribution is -0.144. The van der Waals surface area contributed by atoms with Crippen LogP contribution >= 0.6 is 0 Å². The van der Waals surface area contributed by atoms with Crippen molar-refractivity contribution in [3.63, 3.8) is 0 Å². The first-order valence-corrected chi connectivity index (χ1v) is 7.30.